The second-order valence-electron chi connectivity index (χ2n) is 2.35. The Balaban J connectivity index is 4.85. The van der Waals surface area contributed by atoms with Crippen molar-refractivity contribution in [2.75, 3.05) is 0 Å². The number of alkyl halides is 6. The summed E-state index contributed by atoms with van der Waals surface area (Å²) in [5.74, 6) is -6.42. The van der Waals surface area contributed by atoms with Crippen molar-refractivity contribution in [2.24, 2.45) is 0 Å². The fraction of sp³-hybridized carbons (Fsp3) is 0.800. The van der Waals surface area contributed by atoms with E-state index in [1.165, 1.54) is 0 Å². The zero-order chi connectivity index (χ0) is 12.5. The SMILES string of the molecule is CC(OC(F)(F)F)(OC(F)(F)F)C(=O)O. The number of halogens is 6. The molecule has 0 aromatic rings. The molecule has 0 bridgehead atoms. The quantitative estimate of drug-likeness (QED) is 0.606. The zero-order valence-electron chi connectivity index (χ0n) is 6.94. The molecule has 10 heteroatoms. The van der Waals surface area contributed by atoms with Crippen molar-refractivity contribution in [3.8, 4) is 0 Å². The summed E-state index contributed by atoms with van der Waals surface area (Å²) in [5, 5.41) is 8.11. The van der Waals surface area contributed by atoms with Crippen LogP contribution in [0.1, 0.15) is 6.92 Å². The van der Waals surface area contributed by atoms with E-state index >= 15 is 0 Å². The van der Waals surface area contributed by atoms with E-state index in [2.05, 4.69) is 9.47 Å². The van der Waals surface area contributed by atoms with Gasteiger partial charge in [0.15, 0.2) is 0 Å². The molecule has 0 aromatic carbocycles. The molecule has 0 fully saturated rings. The molecule has 0 amide bonds. The number of hydrogen-bond acceptors (Lipinski definition) is 3. The maximum absolute atomic E-state index is 11.6. The number of rotatable bonds is 3. The molecule has 0 saturated heterocycles. The number of hydrogen-bond donors (Lipinski definition) is 1. The van der Waals surface area contributed by atoms with Gasteiger partial charge in [0, 0.05) is 6.92 Å². The third-order valence-electron chi connectivity index (χ3n) is 1.01. The third kappa shape index (κ3) is 5.42. The molecule has 0 spiro atoms. The van der Waals surface area contributed by atoms with Gasteiger partial charge in [0.2, 0.25) is 0 Å². The van der Waals surface area contributed by atoms with Gasteiger partial charge in [-0.1, -0.05) is 0 Å². The van der Waals surface area contributed by atoms with E-state index in [1.807, 2.05) is 0 Å². The number of carboxylic acid groups (broad SMARTS) is 1. The van der Waals surface area contributed by atoms with E-state index in [4.69, 9.17) is 5.11 Å². The van der Waals surface area contributed by atoms with Crippen molar-refractivity contribution in [1.82, 2.24) is 0 Å². The fourth-order valence-corrected chi connectivity index (χ4v) is 0.550. The van der Waals surface area contributed by atoms with Crippen LogP contribution in [0.25, 0.3) is 0 Å². The minimum atomic E-state index is -5.57. The minimum Gasteiger partial charge on any atom is -0.477 e. The Kier molecular flexibility index (Phi) is 3.59. The smallest absolute Gasteiger partial charge is 0.477 e. The molecular weight excluding hydrogens is 238 g/mol. The number of carboxylic acids is 1. The lowest BCUT2D eigenvalue weighted by atomic mass is 10.3. The van der Waals surface area contributed by atoms with Crippen molar-refractivity contribution in [3.63, 3.8) is 0 Å². The molecule has 1 N–H and O–H groups in total. The Morgan fingerprint density at radius 3 is 1.40 bits per heavy atom. The van der Waals surface area contributed by atoms with Gasteiger partial charge in [-0.15, -0.1) is 26.3 Å². The Labute approximate surface area is 78.4 Å². The van der Waals surface area contributed by atoms with E-state index < -0.39 is 24.5 Å². The van der Waals surface area contributed by atoms with Gasteiger partial charge in [0.25, 0.3) is 5.79 Å². The molecule has 15 heavy (non-hydrogen) atoms. The summed E-state index contributed by atoms with van der Waals surface area (Å²) in [4.78, 5) is 10.1. The molecule has 4 nitrogen and oxygen atoms in total. The van der Waals surface area contributed by atoms with Gasteiger partial charge in [-0.05, 0) is 0 Å². The van der Waals surface area contributed by atoms with Crippen LogP contribution in [0, 0.1) is 0 Å². The van der Waals surface area contributed by atoms with Crippen LogP contribution in [-0.4, -0.2) is 29.6 Å². The van der Waals surface area contributed by atoms with Crippen molar-refractivity contribution in [3.05, 3.63) is 0 Å². The molecule has 0 aliphatic heterocycles. The summed E-state index contributed by atoms with van der Waals surface area (Å²) in [7, 11) is 0. The van der Waals surface area contributed by atoms with Crippen LogP contribution >= 0.6 is 0 Å². The highest BCUT2D eigenvalue weighted by atomic mass is 19.4. The number of aliphatic carboxylic acids is 1. The Bertz CT molecular complexity index is 227. The average Bonchev–Trinajstić information content (AvgIpc) is 1.75. The first-order chi connectivity index (χ1) is 6.36. The van der Waals surface area contributed by atoms with Crippen molar-refractivity contribution in [2.45, 2.75) is 25.4 Å². The van der Waals surface area contributed by atoms with E-state index in [-0.39, 0.29) is 6.92 Å². The summed E-state index contributed by atoms with van der Waals surface area (Å²) in [6.07, 6.45) is -11.1. The largest absolute Gasteiger partial charge is 0.525 e. The normalized spacial score (nSPS) is 14.1. The number of carbonyl (C=O) groups is 1. The Morgan fingerprint density at radius 1 is 1.00 bits per heavy atom. The van der Waals surface area contributed by atoms with E-state index in [9.17, 15) is 31.1 Å². The van der Waals surface area contributed by atoms with Gasteiger partial charge >= 0.3 is 18.7 Å². The lowest BCUT2D eigenvalue weighted by molar-refractivity contribution is -0.463. The van der Waals surface area contributed by atoms with Gasteiger partial charge in [-0.3, -0.25) is 0 Å². The van der Waals surface area contributed by atoms with Crippen LogP contribution in [-0.2, 0) is 14.3 Å². The highest BCUT2D eigenvalue weighted by Gasteiger charge is 2.53. The summed E-state index contributed by atoms with van der Waals surface area (Å²) in [6, 6.07) is 0. The minimum absolute atomic E-state index is 0.0175. The van der Waals surface area contributed by atoms with Crippen molar-refractivity contribution in [1.29, 1.82) is 0 Å². The average molecular weight is 242 g/mol. The van der Waals surface area contributed by atoms with Gasteiger partial charge in [0.1, 0.15) is 0 Å². The van der Waals surface area contributed by atoms with Crippen LogP contribution in [0.4, 0.5) is 26.3 Å². The molecule has 0 aliphatic rings. The molecular formula is C5H4F6O4. The molecule has 0 aromatic heterocycles. The fourth-order valence-electron chi connectivity index (χ4n) is 0.550. The summed E-state index contributed by atoms with van der Waals surface area (Å²) < 4.78 is 74.8. The van der Waals surface area contributed by atoms with E-state index in [0.717, 1.165) is 0 Å². The number of ether oxygens (including phenoxy) is 2. The molecule has 0 aliphatic carbocycles. The zero-order valence-corrected chi connectivity index (χ0v) is 6.94. The maximum atomic E-state index is 11.6. The first-order valence-corrected chi connectivity index (χ1v) is 3.13. The summed E-state index contributed by atoms with van der Waals surface area (Å²) >= 11 is 0. The van der Waals surface area contributed by atoms with Crippen molar-refractivity contribution >= 4 is 5.97 Å². The summed E-state index contributed by atoms with van der Waals surface area (Å²) in [5.41, 5.74) is 0. The van der Waals surface area contributed by atoms with Gasteiger partial charge in [0.05, 0.1) is 0 Å². The van der Waals surface area contributed by atoms with Gasteiger partial charge < -0.3 is 5.11 Å². The predicted molar refractivity (Wildman–Crippen MR) is 30.3 cm³/mol. The molecule has 0 rings (SSSR count). The second-order valence-corrected chi connectivity index (χ2v) is 2.35. The Morgan fingerprint density at radius 2 is 1.27 bits per heavy atom. The van der Waals surface area contributed by atoms with E-state index in [0.29, 0.717) is 0 Å². The maximum Gasteiger partial charge on any atom is 0.525 e. The molecule has 0 radical (unpaired) electrons. The highest BCUT2D eigenvalue weighted by molar-refractivity contribution is 5.75. The van der Waals surface area contributed by atoms with Crippen molar-refractivity contribution < 1.29 is 45.7 Å². The second kappa shape index (κ2) is 3.85. The van der Waals surface area contributed by atoms with Crippen LogP contribution in [0.3, 0.4) is 0 Å². The highest BCUT2D eigenvalue weighted by Crippen LogP contribution is 2.32. The lowest BCUT2D eigenvalue weighted by Crippen LogP contribution is -2.48. The predicted octanol–water partition coefficient (Wildman–Crippen LogP) is 1.86. The van der Waals surface area contributed by atoms with Crippen LogP contribution in [0.5, 0.6) is 0 Å². The first kappa shape index (κ1) is 14.0. The molecule has 0 heterocycles. The van der Waals surface area contributed by atoms with Crippen LogP contribution in [0.15, 0.2) is 0 Å². The Hall–Kier alpha value is -1.03. The monoisotopic (exact) mass is 242 g/mol. The molecule has 0 unspecified atom stereocenters. The lowest BCUT2D eigenvalue weighted by Gasteiger charge is -2.26. The standard InChI is InChI=1S/C5H4F6O4/c1-3(2(12)13,14-4(6,7)8)15-5(9,10)11/h1H3,(H,12,13). The molecule has 0 saturated carbocycles. The molecule has 0 atom stereocenters. The van der Waals surface area contributed by atoms with Crippen LogP contribution < -0.4 is 0 Å². The van der Waals surface area contributed by atoms with Crippen LogP contribution in [0.2, 0.25) is 0 Å². The van der Waals surface area contributed by atoms with Gasteiger partial charge in [-0.2, -0.15) is 0 Å². The third-order valence-corrected chi connectivity index (χ3v) is 1.01. The topological polar surface area (TPSA) is 55.8 Å². The molecule has 90 valence electrons. The summed E-state index contributed by atoms with van der Waals surface area (Å²) in [6.45, 7) is -0.0175. The van der Waals surface area contributed by atoms with Gasteiger partial charge in [-0.25, -0.2) is 14.3 Å². The van der Waals surface area contributed by atoms with E-state index in [1.54, 1.807) is 0 Å². The first-order valence-electron chi connectivity index (χ1n) is 3.13.